The van der Waals surface area contributed by atoms with Gasteiger partial charge in [0.1, 0.15) is 18.3 Å². The third kappa shape index (κ3) is 15.4. The fourth-order valence-electron chi connectivity index (χ4n) is 7.95. The summed E-state index contributed by atoms with van der Waals surface area (Å²) in [6.07, 6.45) is -1.92. The first kappa shape index (κ1) is 54.5. The van der Waals surface area contributed by atoms with E-state index >= 15 is 0 Å². The smallest absolute Gasteiger partial charge is 0.396 e. The Labute approximate surface area is 393 Å². The third-order valence-corrected chi connectivity index (χ3v) is 17.3. The molecule has 0 aliphatic carbocycles. The predicted molar refractivity (Wildman–Crippen MR) is 245 cm³/mol. The van der Waals surface area contributed by atoms with Crippen molar-refractivity contribution >= 4 is 48.9 Å². The summed E-state index contributed by atoms with van der Waals surface area (Å²) in [5, 5.41) is 8.96. The van der Waals surface area contributed by atoms with Crippen molar-refractivity contribution in [3.63, 3.8) is 0 Å². The SMILES string of the molecule is COP(=O)(N=C1N(C)CCN1C)O[C@@H]1CCOC1COP(=O)(N=C1N(C)CCN1C)O[C@@H]1CCO[C@@H]1COP(=O)(N=C1N(C)CCN1C)O[C@@H]1CCO[C@@H]1COP(=O)(O)OCCCCCCO. The maximum Gasteiger partial charge on any atom is 0.472 e. The Morgan fingerprint density at radius 3 is 1.24 bits per heavy atom. The summed E-state index contributed by atoms with van der Waals surface area (Å²) < 4.78 is 134. The second-order valence-electron chi connectivity index (χ2n) is 17.2. The minimum absolute atomic E-state index is 0.0140. The van der Waals surface area contributed by atoms with Crippen molar-refractivity contribution in [3.8, 4) is 0 Å². The molecule has 0 spiro atoms. The molecule has 30 heteroatoms. The number of nitrogens with zero attached hydrogens (tertiary/aromatic N) is 9. The largest absolute Gasteiger partial charge is 0.472 e. The fourth-order valence-corrected chi connectivity index (χ4v) is 13.3. The van der Waals surface area contributed by atoms with Gasteiger partial charge in [0.05, 0.1) is 44.7 Å². The predicted octanol–water partition coefficient (Wildman–Crippen LogP) is 2.90. The topological polar surface area (TPSA) is 267 Å². The molecule has 6 aliphatic heterocycles. The van der Waals surface area contributed by atoms with Gasteiger partial charge in [0.15, 0.2) is 0 Å². The second-order valence-corrected chi connectivity index (χ2v) is 23.5. The first-order valence-corrected chi connectivity index (χ1v) is 28.7. The second kappa shape index (κ2) is 24.6. The van der Waals surface area contributed by atoms with E-state index in [9.17, 15) is 23.2 Å². The lowest BCUT2D eigenvalue weighted by atomic mass is 10.2. The lowest BCUT2D eigenvalue weighted by molar-refractivity contribution is -0.0130. The highest BCUT2D eigenvalue weighted by Gasteiger charge is 2.45. The van der Waals surface area contributed by atoms with Crippen LogP contribution < -0.4 is 0 Å². The van der Waals surface area contributed by atoms with Crippen molar-refractivity contribution in [2.24, 2.45) is 14.3 Å². The molecule has 0 bridgehead atoms. The van der Waals surface area contributed by atoms with Crippen LogP contribution in [-0.4, -0.2) is 235 Å². The van der Waals surface area contributed by atoms with Crippen LogP contribution in [0, 0.1) is 0 Å². The maximum atomic E-state index is 14.9. The van der Waals surface area contributed by atoms with Gasteiger partial charge in [-0.15, -0.1) is 14.3 Å². The van der Waals surface area contributed by atoms with Crippen molar-refractivity contribution in [2.45, 2.75) is 81.6 Å². The molecule has 0 amide bonds. The molecule has 5 unspecified atom stereocenters. The molecule has 10 atom stereocenters. The van der Waals surface area contributed by atoms with Crippen LogP contribution in [0.4, 0.5) is 0 Å². The molecule has 0 aromatic heterocycles. The summed E-state index contributed by atoms with van der Waals surface area (Å²) in [5.74, 6) is 1.18. The van der Waals surface area contributed by atoms with Crippen LogP contribution in [0.5, 0.6) is 0 Å². The average Bonchev–Trinajstić information content (AvgIpc) is 4.17. The molecule has 386 valence electrons. The van der Waals surface area contributed by atoms with Gasteiger partial charge < -0.3 is 53.6 Å². The lowest BCUT2D eigenvalue weighted by Crippen LogP contribution is -2.33. The van der Waals surface area contributed by atoms with Crippen LogP contribution in [0.1, 0.15) is 44.9 Å². The van der Waals surface area contributed by atoms with Crippen LogP contribution >= 0.6 is 31.1 Å². The molecule has 6 saturated heterocycles. The van der Waals surface area contributed by atoms with Gasteiger partial charge in [-0.3, -0.25) is 36.2 Å². The number of aliphatic hydroxyl groups excluding tert-OH is 1. The number of phosphoric ester groups is 1. The first-order chi connectivity index (χ1) is 31.8. The van der Waals surface area contributed by atoms with E-state index in [1.807, 2.05) is 33.7 Å². The molecule has 6 rings (SSSR count). The molecule has 0 radical (unpaired) electrons. The number of guanidine groups is 3. The highest BCUT2D eigenvalue weighted by molar-refractivity contribution is 7.53. The minimum atomic E-state index is -4.46. The number of aliphatic hydroxyl groups is 1. The van der Waals surface area contributed by atoms with Crippen molar-refractivity contribution in [3.05, 3.63) is 0 Å². The van der Waals surface area contributed by atoms with E-state index in [1.165, 1.54) is 7.11 Å². The number of hydrogen-bond acceptors (Lipinski definition) is 16. The minimum Gasteiger partial charge on any atom is -0.396 e. The van der Waals surface area contributed by atoms with Crippen molar-refractivity contribution in [2.75, 3.05) is 142 Å². The molecule has 0 aromatic carbocycles. The quantitative estimate of drug-likeness (QED) is 0.0932. The van der Waals surface area contributed by atoms with E-state index in [4.69, 9.17) is 55.5 Å². The molecular formula is C37H71N9O17P4. The number of hydrogen-bond donors (Lipinski definition) is 2. The monoisotopic (exact) mass is 1040 g/mol. The number of unbranched alkanes of at least 4 members (excludes halogenated alkanes) is 3. The van der Waals surface area contributed by atoms with Crippen LogP contribution in [0.15, 0.2) is 14.3 Å². The summed E-state index contributed by atoms with van der Waals surface area (Å²) in [6.45, 7) is 3.35. The van der Waals surface area contributed by atoms with Gasteiger partial charge >= 0.3 is 31.1 Å². The summed E-state index contributed by atoms with van der Waals surface area (Å²) in [7, 11) is -5.21. The van der Waals surface area contributed by atoms with Crippen molar-refractivity contribution in [1.29, 1.82) is 0 Å². The Bertz CT molecular complexity index is 1890. The van der Waals surface area contributed by atoms with Crippen molar-refractivity contribution in [1.82, 2.24) is 29.4 Å². The van der Waals surface area contributed by atoms with Gasteiger partial charge in [-0.25, -0.2) is 18.3 Å². The standard InChI is InChI=1S/C37H71N9O17P4/c1-41-15-16-42(2)35(41)38-64(48,53-7)61-29-12-23-54-32(29)26-58-65(49,39-36-43(3)17-18-44(36)4)62-30-13-24-55-33(30)27-59-66(50,40-37-45(5)19-20-46(37)6)63-31-14-25-56-34(31)28-60-67(51,52)57-22-11-9-8-10-21-47/h29-34,47H,8-28H2,1-7H3,(H,51,52)/t29-,30-,31-,32?,33-,34-,64?,65?,66?/m1/s1. The van der Waals surface area contributed by atoms with Crippen LogP contribution in [-0.2, 0) is 68.7 Å². The van der Waals surface area contributed by atoms with Gasteiger partial charge in [0.25, 0.3) is 0 Å². The van der Waals surface area contributed by atoms with Gasteiger partial charge in [-0.05, 0) is 12.8 Å². The highest BCUT2D eigenvalue weighted by atomic mass is 31.2. The number of rotatable bonds is 26. The molecule has 6 heterocycles. The highest BCUT2D eigenvalue weighted by Crippen LogP contribution is 2.57. The zero-order valence-corrected chi connectivity index (χ0v) is 43.2. The van der Waals surface area contributed by atoms with Crippen LogP contribution in [0.25, 0.3) is 0 Å². The number of phosphoric acid groups is 1. The zero-order chi connectivity index (χ0) is 48.4. The maximum absolute atomic E-state index is 14.9. The summed E-state index contributed by atoms with van der Waals surface area (Å²) in [5.41, 5.74) is 0. The fraction of sp³-hybridized carbons (Fsp3) is 0.919. The van der Waals surface area contributed by atoms with Crippen LogP contribution in [0.2, 0.25) is 0 Å². The van der Waals surface area contributed by atoms with E-state index < -0.39 is 74.3 Å². The number of ether oxygens (including phenoxy) is 3. The molecule has 2 N–H and O–H groups in total. The lowest BCUT2D eigenvalue weighted by Gasteiger charge is -2.28. The van der Waals surface area contributed by atoms with Gasteiger partial charge in [0, 0.05) is 134 Å². The molecule has 0 saturated carbocycles. The van der Waals surface area contributed by atoms with Gasteiger partial charge in [-0.1, -0.05) is 12.8 Å². The Balaban J connectivity index is 1.14. The van der Waals surface area contributed by atoms with Gasteiger partial charge in [-0.2, -0.15) is 0 Å². The Morgan fingerprint density at radius 1 is 0.522 bits per heavy atom. The van der Waals surface area contributed by atoms with E-state index in [1.54, 1.807) is 38.0 Å². The average molecular weight is 1040 g/mol. The Hall–Kier alpha value is -1.79. The van der Waals surface area contributed by atoms with Crippen LogP contribution in [0.3, 0.4) is 0 Å². The third-order valence-electron chi connectivity index (χ3n) is 12.0. The zero-order valence-electron chi connectivity index (χ0n) is 39.6. The summed E-state index contributed by atoms with van der Waals surface area (Å²) >= 11 is 0. The normalized spacial score (nSPS) is 29.5. The molecular weight excluding hydrogens is 966 g/mol. The molecule has 26 nitrogen and oxygen atoms in total. The summed E-state index contributed by atoms with van der Waals surface area (Å²) in [4.78, 5) is 21.3. The number of likely N-dealkylation sites (N-methyl/N-ethyl adjacent to an activating group) is 6. The van der Waals surface area contributed by atoms with Crippen molar-refractivity contribution < 1.29 is 78.7 Å². The van der Waals surface area contributed by atoms with E-state index in [0.717, 1.165) is 6.42 Å². The molecule has 6 fully saturated rings. The van der Waals surface area contributed by atoms with Gasteiger partial charge in [0.2, 0.25) is 17.9 Å². The van der Waals surface area contributed by atoms with E-state index in [2.05, 4.69) is 14.3 Å². The Kier molecular flexibility index (Phi) is 20.0. The molecule has 6 aliphatic rings. The first-order valence-electron chi connectivity index (χ1n) is 22.7. The van der Waals surface area contributed by atoms with E-state index in [-0.39, 0.29) is 59.1 Å². The molecule has 0 aromatic rings. The Morgan fingerprint density at radius 2 is 0.866 bits per heavy atom. The molecule has 67 heavy (non-hydrogen) atoms. The summed E-state index contributed by atoms with van der Waals surface area (Å²) in [6, 6.07) is 0. The van der Waals surface area contributed by atoms with E-state index in [0.29, 0.717) is 82.8 Å².